The van der Waals surface area contributed by atoms with E-state index in [0.29, 0.717) is 5.56 Å². The van der Waals surface area contributed by atoms with Crippen LogP contribution >= 0.6 is 0 Å². The molecule has 1 radical (unpaired) electrons. The molecule has 0 fully saturated rings. The van der Waals surface area contributed by atoms with Gasteiger partial charge in [0.1, 0.15) is 0 Å². The van der Waals surface area contributed by atoms with Crippen molar-refractivity contribution >= 4 is 16.8 Å². The maximum absolute atomic E-state index is 12.3. The molecule has 0 aliphatic rings. The summed E-state index contributed by atoms with van der Waals surface area (Å²) in [5, 5.41) is 1.02. The van der Waals surface area contributed by atoms with Crippen LogP contribution in [0.3, 0.4) is 0 Å². The number of fused-ring (bicyclic) bond motifs is 1. The Bertz CT molecular complexity index is 667. The van der Waals surface area contributed by atoms with Gasteiger partial charge >= 0.3 is 0 Å². The summed E-state index contributed by atoms with van der Waals surface area (Å²) in [6, 6.07) is 18.8. The lowest BCUT2D eigenvalue weighted by Gasteiger charge is -2.03. The average Bonchev–Trinajstić information content (AvgIpc) is 2.83. The highest BCUT2D eigenvalue weighted by atomic mass is 16.2. The second kappa shape index (κ2) is 3.91. The van der Waals surface area contributed by atoms with Crippen LogP contribution < -0.4 is 0 Å². The molecular weight excluding hydrogens is 210 g/mol. The fourth-order valence-electron chi connectivity index (χ4n) is 1.89. The van der Waals surface area contributed by atoms with Crippen LogP contribution in [0.4, 0.5) is 0 Å². The monoisotopic (exact) mass is 220 g/mol. The summed E-state index contributed by atoms with van der Waals surface area (Å²) in [6.07, 6.45) is 2.98. The molecule has 0 atom stereocenters. The largest absolute Gasteiger partial charge is 0.274 e. The van der Waals surface area contributed by atoms with Gasteiger partial charge in [-0.2, -0.15) is 0 Å². The maximum Gasteiger partial charge on any atom is 0.262 e. The van der Waals surface area contributed by atoms with Crippen molar-refractivity contribution in [1.29, 1.82) is 0 Å². The number of nitrogens with zero attached hydrogens (tertiary/aromatic N) is 1. The lowest BCUT2D eigenvalue weighted by molar-refractivity contribution is 0.0964. The van der Waals surface area contributed by atoms with Crippen molar-refractivity contribution in [3.63, 3.8) is 0 Å². The number of hydrogen-bond donors (Lipinski definition) is 0. The maximum atomic E-state index is 12.3. The minimum atomic E-state index is -0.0493. The molecule has 2 nitrogen and oxygen atoms in total. The predicted octanol–water partition coefficient (Wildman–Crippen LogP) is 3.13. The third-order valence-corrected chi connectivity index (χ3v) is 2.75. The first kappa shape index (κ1) is 9.85. The highest BCUT2D eigenvalue weighted by molar-refractivity contribution is 6.01. The molecule has 3 aromatic rings. The molecule has 1 heterocycles. The third kappa shape index (κ3) is 1.64. The van der Waals surface area contributed by atoms with E-state index in [9.17, 15) is 4.79 Å². The van der Waals surface area contributed by atoms with Crippen LogP contribution in [0.1, 0.15) is 10.4 Å². The van der Waals surface area contributed by atoms with Crippen molar-refractivity contribution in [2.24, 2.45) is 0 Å². The van der Waals surface area contributed by atoms with E-state index in [-0.39, 0.29) is 5.91 Å². The zero-order chi connectivity index (χ0) is 11.7. The van der Waals surface area contributed by atoms with Gasteiger partial charge in [0.25, 0.3) is 5.91 Å². The summed E-state index contributed by atoms with van der Waals surface area (Å²) in [5.41, 5.74) is 1.56. The van der Waals surface area contributed by atoms with Gasteiger partial charge in [0, 0.05) is 10.9 Å². The number of para-hydroxylation sites is 1. The van der Waals surface area contributed by atoms with Crippen LogP contribution in [0.15, 0.2) is 60.7 Å². The van der Waals surface area contributed by atoms with Crippen LogP contribution in [0.2, 0.25) is 0 Å². The second-order valence-electron chi connectivity index (χ2n) is 3.84. The Balaban J connectivity index is 2.14. The molecule has 0 amide bonds. The summed E-state index contributed by atoms with van der Waals surface area (Å²) in [5.74, 6) is -0.0493. The number of hydrogen-bond acceptors (Lipinski definition) is 1. The molecule has 0 unspecified atom stereocenters. The molecule has 17 heavy (non-hydrogen) atoms. The van der Waals surface area contributed by atoms with Gasteiger partial charge in [0.15, 0.2) is 0 Å². The molecule has 2 aromatic carbocycles. The summed E-state index contributed by atoms with van der Waals surface area (Å²) < 4.78 is 1.56. The zero-order valence-electron chi connectivity index (χ0n) is 9.13. The molecule has 2 heteroatoms. The Morgan fingerprint density at radius 2 is 1.65 bits per heavy atom. The lowest BCUT2D eigenvalue weighted by atomic mass is 10.2. The first-order valence-corrected chi connectivity index (χ1v) is 5.44. The molecule has 0 saturated heterocycles. The molecule has 0 aliphatic carbocycles. The molecule has 3 rings (SSSR count). The second-order valence-corrected chi connectivity index (χ2v) is 3.84. The molecule has 0 N–H and O–H groups in total. The molecule has 1 aromatic heterocycles. The normalized spacial score (nSPS) is 10.6. The Kier molecular flexibility index (Phi) is 2.26. The van der Waals surface area contributed by atoms with Crippen molar-refractivity contribution in [1.82, 2.24) is 4.57 Å². The van der Waals surface area contributed by atoms with Gasteiger partial charge in [-0.25, -0.2) is 0 Å². The van der Waals surface area contributed by atoms with Crippen molar-refractivity contribution in [3.8, 4) is 0 Å². The SMILES string of the molecule is O=C(c1ccccc1)n1[c]cc2ccccc21. The fraction of sp³-hybridized carbons (Fsp3) is 0. The number of benzene rings is 2. The summed E-state index contributed by atoms with van der Waals surface area (Å²) in [7, 11) is 0. The average molecular weight is 220 g/mol. The molecule has 0 spiro atoms. The number of rotatable bonds is 1. The van der Waals surface area contributed by atoms with Crippen LogP contribution in [0, 0.1) is 6.20 Å². The summed E-state index contributed by atoms with van der Waals surface area (Å²) in [6.45, 7) is 0. The van der Waals surface area contributed by atoms with Gasteiger partial charge in [-0.15, -0.1) is 0 Å². The number of carbonyl (C=O) groups excluding carboxylic acids is 1. The zero-order valence-corrected chi connectivity index (χ0v) is 9.13. The van der Waals surface area contributed by atoms with E-state index >= 15 is 0 Å². The molecule has 0 aliphatic heterocycles. The van der Waals surface area contributed by atoms with Crippen LogP contribution in [-0.2, 0) is 0 Å². The minimum Gasteiger partial charge on any atom is -0.274 e. The van der Waals surface area contributed by atoms with Gasteiger partial charge in [-0.05, 0) is 24.3 Å². The summed E-state index contributed by atoms with van der Waals surface area (Å²) >= 11 is 0. The molecule has 81 valence electrons. The van der Waals surface area contributed by atoms with E-state index in [4.69, 9.17) is 0 Å². The van der Waals surface area contributed by atoms with Gasteiger partial charge < -0.3 is 0 Å². The number of carbonyl (C=O) groups is 1. The van der Waals surface area contributed by atoms with E-state index in [1.807, 2.05) is 60.7 Å². The van der Waals surface area contributed by atoms with Gasteiger partial charge in [-0.1, -0.05) is 36.4 Å². The Hall–Kier alpha value is -2.35. The first-order chi connectivity index (χ1) is 8.36. The Morgan fingerprint density at radius 3 is 2.47 bits per heavy atom. The summed E-state index contributed by atoms with van der Waals surface area (Å²) in [4.78, 5) is 12.3. The van der Waals surface area contributed by atoms with Crippen LogP contribution in [0.25, 0.3) is 10.9 Å². The molecule has 0 bridgehead atoms. The third-order valence-electron chi connectivity index (χ3n) is 2.75. The van der Waals surface area contributed by atoms with Crippen LogP contribution in [0.5, 0.6) is 0 Å². The van der Waals surface area contributed by atoms with Gasteiger partial charge in [0.05, 0.1) is 11.7 Å². The molecule has 0 saturated carbocycles. The minimum absolute atomic E-state index is 0.0493. The van der Waals surface area contributed by atoms with E-state index in [0.717, 1.165) is 10.9 Å². The first-order valence-electron chi connectivity index (χ1n) is 5.44. The van der Waals surface area contributed by atoms with Crippen LogP contribution in [-0.4, -0.2) is 10.5 Å². The quantitative estimate of drug-likeness (QED) is 0.617. The highest BCUT2D eigenvalue weighted by Gasteiger charge is 2.10. The Morgan fingerprint density at radius 1 is 0.941 bits per heavy atom. The molecular formula is C15H10NO. The topological polar surface area (TPSA) is 22.0 Å². The smallest absolute Gasteiger partial charge is 0.262 e. The van der Waals surface area contributed by atoms with E-state index < -0.39 is 0 Å². The van der Waals surface area contributed by atoms with E-state index in [1.54, 1.807) is 4.57 Å². The van der Waals surface area contributed by atoms with Crippen molar-refractivity contribution in [2.45, 2.75) is 0 Å². The van der Waals surface area contributed by atoms with E-state index in [1.165, 1.54) is 0 Å². The van der Waals surface area contributed by atoms with Crippen molar-refractivity contribution < 1.29 is 4.79 Å². The van der Waals surface area contributed by atoms with Crippen molar-refractivity contribution in [3.05, 3.63) is 72.4 Å². The van der Waals surface area contributed by atoms with Gasteiger partial charge in [0.2, 0.25) is 0 Å². The van der Waals surface area contributed by atoms with E-state index in [2.05, 4.69) is 6.20 Å². The van der Waals surface area contributed by atoms with Crippen molar-refractivity contribution in [2.75, 3.05) is 0 Å². The fourth-order valence-corrected chi connectivity index (χ4v) is 1.89. The predicted molar refractivity (Wildman–Crippen MR) is 66.9 cm³/mol. The van der Waals surface area contributed by atoms with Gasteiger partial charge in [-0.3, -0.25) is 9.36 Å². The lowest BCUT2D eigenvalue weighted by Crippen LogP contribution is -2.10. The standard InChI is InChI=1S/C15H10NO/c17-15(13-7-2-1-3-8-13)16-11-10-12-6-4-5-9-14(12)16/h1-10H. The Labute approximate surface area is 99.1 Å². The highest BCUT2D eigenvalue weighted by Crippen LogP contribution is 2.16. The number of aromatic nitrogens is 1.